The van der Waals surface area contributed by atoms with E-state index in [4.69, 9.17) is 0 Å². The second-order valence-electron chi connectivity index (χ2n) is 13.3. The zero-order chi connectivity index (χ0) is 33.0. The summed E-state index contributed by atoms with van der Waals surface area (Å²) in [6.07, 6.45) is 7.25. The lowest BCUT2D eigenvalue weighted by atomic mass is 9.98. The van der Waals surface area contributed by atoms with Crippen LogP contribution in [-0.2, 0) is 27.5 Å². The van der Waals surface area contributed by atoms with Gasteiger partial charge in [0.1, 0.15) is 11.6 Å². The van der Waals surface area contributed by atoms with Crippen LogP contribution in [0.1, 0.15) is 45.3 Å². The van der Waals surface area contributed by atoms with E-state index in [2.05, 4.69) is 107 Å². The Balaban J connectivity index is 1.13. The van der Waals surface area contributed by atoms with Gasteiger partial charge in [0.05, 0.1) is 43.4 Å². The smallest absolute Gasteiger partial charge is 0.242 e. The average Bonchev–Trinajstić information content (AvgIpc) is 3.40. The maximum absolute atomic E-state index is 12.8. The Morgan fingerprint density at radius 1 is 0.851 bits per heavy atom. The first-order chi connectivity index (χ1) is 22.7. The number of hydrogen-bond acceptors (Lipinski definition) is 5. The number of H-pyrrole nitrogens is 2. The highest BCUT2D eigenvalue weighted by Crippen LogP contribution is 2.45. The molecule has 1 aliphatic rings. The molecule has 3 aromatic carbocycles. The highest BCUT2D eigenvalue weighted by Gasteiger charge is 2.40. The van der Waals surface area contributed by atoms with Crippen molar-refractivity contribution >= 4 is 29.5 Å². The Bertz CT molecular complexity index is 1870. The monoisotopic (exact) mass is 631 g/mol. The van der Waals surface area contributed by atoms with E-state index in [1.165, 1.54) is 0 Å². The van der Waals surface area contributed by atoms with E-state index >= 15 is 0 Å². The molecule has 1 aliphatic carbocycles. The third-order valence-electron chi connectivity index (χ3n) is 8.75. The minimum atomic E-state index is -0.116. The maximum atomic E-state index is 12.8. The van der Waals surface area contributed by atoms with Gasteiger partial charge >= 0.3 is 0 Å². The highest BCUT2D eigenvalue weighted by atomic mass is 16.2. The van der Waals surface area contributed by atoms with Gasteiger partial charge in [0.2, 0.25) is 18.7 Å². The molecule has 2 heterocycles. The lowest BCUT2D eigenvalue weighted by Crippen LogP contribution is -2.40. The predicted molar refractivity (Wildman–Crippen MR) is 183 cm³/mol. The van der Waals surface area contributed by atoms with Crippen LogP contribution in [0.15, 0.2) is 73.1 Å². The van der Waals surface area contributed by atoms with Crippen molar-refractivity contribution in [2.75, 3.05) is 19.6 Å². The number of amides is 3. The van der Waals surface area contributed by atoms with Crippen molar-refractivity contribution in [2.45, 2.75) is 46.7 Å². The summed E-state index contributed by atoms with van der Waals surface area (Å²) >= 11 is 0. The summed E-state index contributed by atoms with van der Waals surface area (Å²) < 4.78 is 0. The maximum Gasteiger partial charge on any atom is 0.242 e. The van der Waals surface area contributed by atoms with Crippen molar-refractivity contribution in [1.82, 2.24) is 35.1 Å². The first-order valence-corrected chi connectivity index (χ1v) is 16.1. The highest BCUT2D eigenvalue weighted by molar-refractivity contribution is 5.90. The molecule has 3 amide bonds. The number of aromatic nitrogens is 4. The van der Waals surface area contributed by atoms with E-state index in [1.807, 2.05) is 12.4 Å². The van der Waals surface area contributed by atoms with Crippen molar-refractivity contribution in [1.29, 1.82) is 0 Å². The molecule has 0 atom stereocenters. The number of carbonyl (C=O) groups excluding carboxylic acids is 3. The van der Waals surface area contributed by atoms with Gasteiger partial charge in [-0.2, -0.15) is 0 Å². The molecule has 1 fully saturated rings. The summed E-state index contributed by atoms with van der Waals surface area (Å²) in [5.74, 6) is 1.75. The molecule has 5 aromatic rings. The second kappa shape index (κ2) is 13.6. The van der Waals surface area contributed by atoms with Gasteiger partial charge in [0, 0.05) is 18.7 Å². The van der Waals surface area contributed by atoms with Crippen LogP contribution in [0.3, 0.4) is 0 Å². The Morgan fingerprint density at radius 3 is 2.04 bits per heavy atom. The largest absolute Gasteiger partial charge is 0.350 e. The summed E-state index contributed by atoms with van der Waals surface area (Å²) in [6.45, 7) is 8.50. The van der Waals surface area contributed by atoms with Gasteiger partial charge in [0.15, 0.2) is 0 Å². The van der Waals surface area contributed by atoms with E-state index in [9.17, 15) is 14.4 Å². The molecule has 1 saturated carbocycles. The summed E-state index contributed by atoms with van der Waals surface area (Å²) in [5, 5.41) is 4.73. The number of nitrogens with one attached hydrogen (secondary N) is 3. The van der Waals surface area contributed by atoms with Gasteiger partial charge in [0.25, 0.3) is 0 Å². The van der Waals surface area contributed by atoms with Crippen LogP contribution in [-0.4, -0.2) is 68.1 Å². The van der Waals surface area contributed by atoms with Crippen LogP contribution >= 0.6 is 0 Å². The van der Waals surface area contributed by atoms with Crippen LogP contribution < -0.4 is 5.32 Å². The average molecular weight is 632 g/mol. The zero-order valence-electron chi connectivity index (χ0n) is 27.1. The van der Waals surface area contributed by atoms with Gasteiger partial charge in [-0.1, -0.05) is 69.3 Å². The van der Waals surface area contributed by atoms with Crippen LogP contribution in [0.2, 0.25) is 0 Å². The normalized spacial score (nSPS) is 13.4. The molecule has 0 spiro atoms. The molecule has 0 bridgehead atoms. The third-order valence-corrected chi connectivity index (χ3v) is 8.75. The molecular formula is C37H41N7O3. The molecule has 3 N–H and O–H groups in total. The Kier molecular flexibility index (Phi) is 9.19. The Labute approximate surface area is 274 Å². The molecule has 242 valence electrons. The van der Waals surface area contributed by atoms with E-state index in [0.29, 0.717) is 44.3 Å². The number of nitrogens with zero attached hydrogens (tertiary/aromatic N) is 4. The first-order valence-electron chi connectivity index (χ1n) is 16.1. The molecule has 0 radical (unpaired) electrons. The number of aromatic amines is 2. The van der Waals surface area contributed by atoms with Crippen molar-refractivity contribution in [3.8, 4) is 33.6 Å². The molecule has 0 aliphatic heterocycles. The number of fused-ring (bicyclic) bond motifs is 1. The predicted octanol–water partition coefficient (Wildman–Crippen LogP) is 5.78. The second-order valence-corrected chi connectivity index (χ2v) is 13.3. The van der Waals surface area contributed by atoms with Crippen LogP contribution in [0, 0.1) is 11.3 Å². The summed E-state index contributed by atoms with van der Waals surface area (Å²) in [7, 11) is 0. The van der Waals surface area contributed by atoms with Gasteiger partial charge in [-0.05, 0) is 63.8 Å². The number of hydrogen-bond donors (Lipinski definition) is 3. The van der Waals surface area contributed by atoms with Crippen molar-refractivity contribution < 1.29 is 14.4 Å². The number of imidazole rings is 2. The van der Waals surface area contributed by atoms with Gasteiger partial charge < -0.3 is 25.1 Å². The summed E-state index contributed by atoms with van der Waals surface area (Å²) in [6, 6.07) is 21.2. The fraction of sp³-hybridized carbons (Fsp3) is 0.324. The molecular weight excluding hydrogens is 590 g/mol. The lowest BCUT2D eigenvalue weighted by molar-refractivity contribution is -0.132. The third kappa shape index (κ3) is 7.77. The molecule has 10 heteroatoms. The molecule has 47 heavy (non-hydrogen) atoms. The van der Waals surface area contributed by atoms with E-state index in [1.54, 1.807) is 9.80 Å². The van der Waals surface area contributed by atoms with Gasteiger partial charge in [-0.15, -0.1) is 0 Å². The van der Waals surface area contributed by atoms with Crippen LogP contribution in [0.25, 0.3) is 44.4 Å². The van der Waals surface area contributed by atoms with E-state index < -0.39 is 0 Å². The van der Waals surface area contributed by atoms with Gasteiger partial charge in [-0.3, -0.25) is 14.4 Å². The zero-order valence-corrected chi connectivity index (χ0v) is 27.1. The van der Waals surface area contributed by atoms with Crippen molar-refractivity contribution in [3.05, 3.63) is 84.7 Å². The standard InChI is InChI=1S/C37H41N7O3/c1-25(2)19-43(24-46)20-34-39-16-32(41-34)27-6-4-26(5-7-27)28-8-9-30-15-31(11-10-29(30)14-28)33-17-40-35(42-33)21-44(22-37(3)12-13-37)36(47)18-38-23-45/h4-11,14-17,23-25H,12-13,18-22H2,1-3H3,(H,38,45)(H,39,41)(H,40,42). The Morgan fingerprint density at radius 2 is 1.43 bits per heavy atom. The fourth-order valence-corrected chi connectivity index (χ4v) is 5.91. The first kappa shape index (κ1) is 31.7. The molecule has 10 nitrogen and oxygen atoms in total. The fourth-order valence-electron chi connectivity index (χ4n) is 5.91. The SMILES string of the molecule is CC(C)CN(C=O)Cc1ncc(-c2ccc(-c3ccc4cc(-c5cnc(CN(CC6(C)CC6)C(=O)CNC=O)[nH]5)ccc4c3)cc2)[nH]1. The molecule has 2 aromatic heterocycles. The Hall–Kier alpha value is -5.25. The van der Waals surface area contributed by atoms with Crippen molar-refractivity contribution in [2.24, 2.45) is 11.3 Å². The summed E-state index contributed by atoms with van der Waals surface area (Å²) in [5.41, 5.74) is 6.24. The number of carbonyl (C=O) groups is 3. The number of rotatable bonds is 15. The van der Waals surface area contributed by atoms with Crippen LogP contribution in [0.4, 0.5) is 0 Å². The van der Waals surface area contributed by atoms with Crippen LogP contribution in [0.5, 0.6) is 0 Å². The van der Waals surface area contributed by atoms with Crippen molar-refractivity contribution in [3.63, 3.8) is 0 Å². The topological polar surface area (TPSA) is 127 Å². The molecule has 0 unspecified atom stereocenters. The summed E-state index contributed by atoms with van der Waals surface area (Å²) in [4.78, 5) is 54.3. The lowest BCUT2D eigenvalue weighted by Gasteiger charge is -2.25. The van der Waals surface area contributed by atoms with Gasteiger partial charge in [-0.25, -0.2) is 9.97 Å². The molecule has 6 rings (SSSR count). The quantitative estimate of drug-likeness (QED) is 0.126. The minimum Gasteiger partial charge on any atom is -0.350 e. The number of benzene rings is 3. The minimum absolute atomic E-state index is 0.0178. The molecule has 0 saturated heterocycles. The van der Waals surface area contributed by atoms with E-state index in [-0.39, 0.29) is 17.9 Å². The van der Waals surface area contributed by atoms with E-state index in [0.717, 1.165) is 69.5 Å².